The van der Waals surface area contributed by atoms with Crippen LogP contribution in [0.15, 0.2) is 30.3 Å². The molecular weight excluding hydrogens is 236 g/mol. The lowest BCUT2D eigenvalue weighted by Crippen LogP contribution is -2.45. The van der Waals surface area contributed by atoms with E-state index in [2.05, 4.69) is 5.32 Å². The number of carboxylic acid groups (broad SMARTS) is 1. The molecule has 1 amide bonds. The van der Waals surface area contributed by atoms with Crippen molar-refractivity contribution in [3.8, 4) is 0 Å². The molecule has 0 unspecified atom stereocenters. The highest BCUT2D eigenvalue weighted by Crippen LogP contribution is 2.01. The standard InChI is InChI=1S/C12H16N2O4/c13-9(6-8-4-2-1-3-5-8)11(16)14-7-10(15)12(17)18/h1-5,9-10,15H,6-7,13H2,(H,14,16)(H,17,18)/t9-,10-/m0/s1. The molecule has 2 atom stereocenters. The maximum atomic E-state index is 11.5. The summed E-state index contributed by atoms with van der Waals surface area (Å²) in [6, 6.07) is 8.47. The van der Waals surface area contributed by atoms with E-state index in [0.717, 1.165) is 5.56 Å². The van der Waals surface area contributed by atoms with E-state index in [-0.39, 0.29) is 6.54 Å². The summed E-state index contributed by atoms with van der Waals surface area (Å²) in [5.74, 6) is -1.87. The Hall–Kier alpha value is -1.92. The van der Waals surface area contributed by atoms with Crippen molar-refractivity contribution in [2.24, 2.45) is 5.73 Å². The predicted octanol–water partition coefficient (Wildman–Crippen LogP) is -0.882. The van der Waals surface area contributed by atoms with Gasteiger partial charge < -0.3 is 21.3 Å². The van der Waals surface area contributed by atoms with Crippen LogP contribution in [-0.2, 0) is 16.0 Å². The van der Waals surface area contributed by atoms with Crippen molar-refractivity contribution < 1.29 is 19.8 Å². The SMILES string of the molecule is N[C@@H](Cc1ccccc1)C(=O)NC[C@H](O)C(=O)O. The van der Waals surface area contributed by atoms with Crippen molar-refractivity contribution in [1.82, 2.24) is 5.32 Å². The van der Waals surface area contributed by atoms with Gasteiger partial charge in [0.1, 0.15) is 0 Å². The highest BCUT2D eigenvalue weighted by molar-refractivity contribution is 5.82. The van der Waals surface area contributed by atoms with E-state index in [1.54, 1.807) is 0 Å². The lowest BCUT2D eigenvalue weighted by Gasteiger charge is -2.13. The van der Waals surface area contributed by atoms with Gasteiger partial charge in [-0.3, -0.25) is 4.79 Å². The molecule has 18 heavy (non-hydrogen) atoms. The zero-order chi connectivity index (χ0) is 13.5. The van der Waals surface area contributed by atoms with Crippen LogP contribution in [0, 0.1) is 0 Å². The topological polar surface area (TPSA) is 113 Å². The number of aliphatic hydroxyl groups excluding tert-OH is 1. The smallest absolute Gasteiger partial charge is 0.334 e. The van der Waals surface area contributed by atoms with E-state index < -0.39 is 24.0 Å². The third-order valence-corrected chi connectivity index (χ3v) is 2.39. The van der Waals surface area contributed by atoms with E-state index in [1.807, 2.05) is 30.3 Å². The molecule has 0 aliphatic rings. The lowest BCUT2D eigenvalue weighted by molar-refractivity contribution is -0.146. The van der Waals surface area contributed by atoms with E-state index in [4.69, 9.17) is 15.9 Å². The number of amides is 1. The molecule has 0 aliphatic carbocycles. The fourth-order valence-electron chi connectivity index (χ4n) is 1.38. The Morgan fingerprint density at radius 3 is 2.44 bits per heavy atom. The quantitative estimate of drug-likeness (QED) is 0.525. The molecule has 0 aliphatic heterocycles. The van der Waals surface area contributed by atoms with E-state index in [1.165, 1.54) is 0 Å². The number of nitrogens with two attached hydrogens (primary N) is 1. The molecule has 1 aromatic carbocycles. The van der Waals surface area contributed by atoms with E-state index in [9.17, 15) is 9.59 Å². The van der Waals surface area contributed by atoms with Crippen LogP contribution in [0.5, 0.6) is 0 Å². The monoisotopic (exact) mass is 252 g/mol. The summed E-state index contributed by atoms with van der Waals surface area (Å²) in [6.07, 6.45) is -1.26. The van der Waals surface area contributed by atoms with Crippen molar-refractivity contribution in [3.63, 3.8) is 0 Å². The Kier molecular flexibility index (Phi) is 5.29. The summed E-state index contributed by atoms with van der Waals surface area (Å²) in [7, 11) is 0. The van der Waals surface area contributed by atoms with Gasteiger partial charge in [-0.25, -0.2) is 4.79 Å². The van der Waals surface area contributed by atoms with Gasteiger partial charge in [-0.15, -0.1) is 0 Å². The van der Waals surface area contributed by atoms with Gasteiger partial charge in [0, 0.05) is 0 Å². The van der Waals surface area contributed by atoms with Crippen molar-refractivity contribution in [2.75, 3.05) is 6.54 Å². The average molecular weight is 252 g/mol. The van der Waals surface area contributed by atoms with Gasteiger partial charge in [0.2, 0.25) is 5.91 Å². The maximum Gasteiger partial charge on any atom is 0.334 e. The highest BCUT2D eigenvalue weighted by Gasteiger charge is 2.18. The zero-order valence-corrected chi connectivity index (χ0v) is 9.74. The number of hydrogen-bond acceptors (Lipinski definition) is 4. The third kappa shape index (κ3) is 4.52. The molecule has 6 nitrogen and oxygen atoms in total. The minimum absolute atomic E-state index is 0.351. The first-order chi connectivity index (χ1) is 8.50. The molecule has 1 aromatic rings. The number of aliphatic hydroxyl groups is 1. The van der Waals surface area contributed by atoms with Crippen LogP contribution < -0.4 is 11.1 Å². The largest absolute Gasteiger partial charge is 0.479 e. The molecule has 0 heterocycles. The van der Waals surface area contributed by atoms with Crippen LogP contribution in [0.25, 0.3) is 0 Å². The molecule has 0 saturated heterocycles. The first-order valence-corrected chi connectivity index (χ1v) is 5.49. The number of aliphatic carboxylic acids is 1. The Morgan fingerprint density at radius 1 is 1.28 bits per heavy atom. The minimum Gasteiger partial charge on any atom is -0.479 e. The summed E-state index contributed by atoms with van der Waals surface area (Å²) in [5.41, 5.74) is 6.59. The van der Waals surface area contributed by atoms with Crippen molar-refractivity contribution >= 4 is 11.9 Å². The third-order valence-electron chi connectivity index (χ3n) is 2.39. The fourth-order valence-corrected chi connectivity index (χ4v) is 1.38. The average Bonchev–Trinajstić information content (AvgIpc) is 2.36. The number of rotatable bonds is 6. The summed E-state index contributed by atoms with van der Waals surface area (Å²) >= 11 is 0. The van der Waals surface area contributed by atoms with Gasteiger partial charge in [0.15, 0.2) is 6.10 Å². The molecule has 0 fully saturated rings. The van der Waals surface area contributed by atoms with Gasteiger partial charge in [-0.05, 0) is 12.0 Å². The van der Waals surface area contributed by atoms with E-state index in [0.29, 0.717) is 6.42 Å². The van der Waals surface area contributed by atoms with Crippen molar-refractivity contribution in [3.05, 3.63) is 35.9 Å². The Labute approximate surface area is 104 Å². The second-order valence-corrected chi connectivity index (χ2v) is 3.90. The maximum absolute atomic E-state index is 11.5. The molecule has 0 bridgehead atoms. The van der Waals surface area contributed by atoms with Crippen molar-refractivity contribution in [1.29, 1.82) is 0 Å². The number of hydrogen-bond donors (Lipinski definition) is 4. The molecule has 5 N–H and O–H groups in total. The van der Waals surface area contributed by atoms with Crippen LogP contribution in [-0.4, -0.2) is 40.8 Å². The van der Waals surface area contributed by atoms with Gasteiger partial charge in [-0.1, -0.05) is 30.3 Å². The van der Waals surface area contributed by atoms with Crippen LogP contribution >= 0.6 is 0 Å². The molecule has 0 spiro atoms. The van der Waals surface area contributed by atoms with E-state index >= 15 is 0 Å². The Balaban J connectivity index is 2.40. The van der Waals surface area contributed by atoms with Crippen LogP contribution in [0.2, 0.25) is 0 Å². The normalized spacial score (nSPS) is 13.7. The molecule has 0 saturated carbocycles. The Bertz CT molecular complexity index is 408. The fraction of sp³-hybridized carbons (Fsp3) is 0.333. The first kappa shape index (κ1) is 14.1. The van der Waals surface area contributed by atoms with Crippen molar-refractivity contribution in [2.45, 2.75) is 18.6 Å². The number of carbonyl (C=O) groups excluding carboxylic acids is 1. The highest BCUT2D eigenvalue weighted by atomic mass is 16.4. The van der Waals surface area contributed by atoms with Crippen LogP contribution in [0.3, 0.4) is 0 Å². The second-order valence-electron chi connectivity index (χ2n) is 3.90. The number of nitrogens with one attached hydrogen (secondary N) is 1. The Morgan fingerprint density at radius 2 is 1.89 bits per heavy atom. The number of benzene rings is 1. The molecule has 1 rings (SSSR count). The van der Waals surface area contributed by atoms with Gasteiger partial charge >= 0.3 is 5.97 Å². The molecule has 0 radical (unpaired) electrons. The van der Waals surface area contributed by atoms with Gasteiger partial charge in [-0.2, -0.15) is 0 Å². The predicted molar refractivity (Wildman–Crippen MR) is 64.8 cm³/mol. The molecule has 98 valence electrons. The van der Waals surface area contributed by atoms with Crippen LogP contribution in [0.1, 0.15) is 5.56 Å². The first-order valence-electron chi connectivity index (χ1n) is 5.49. The summed E-state index contributed by atoms with van der Waals surface area (Å²) in [4.78, 5) is 21.9. The zero-order valence-electron chi connectivity index (χ0n) is 9.74. The lowest BCUT2D eigenvalue weighted by atomic mass is 10.1. The number of carbonyl (C=O) groups is 2. The minimum atomic E-state index is -1.61. The molecule has 0 aromatic heterocycles. The summed E-state index contributed by atoms with van der Waals surface area (Å²) in [5, 5.41) is 19.7. The summed E-state index contributed by atoms with van der Waals surface area (Å²) < 4.78 is 0. The molecule has 6 heteroatoms. The van der Waals surface area contributed by atoms with Crippen LogP contribution in [0.4, 0.5) is 0 Å². The molecular formula is C12H16N2O4. The number of carboxylic acids is 1. The summed E-state index contributed by atoms with van der Waals surface area (Å²) in [6.45, 7) is -0.351. The van der Waals surface area contributed by atoms with Gasteiger partial charge in [0.25, 0.3) is 0 Å². The van der Waals surface area contributed by atoms with Gasteiger partial charge in [0.05, 0.1) is 12.6 Å². The second kappa shape index (κ2) is 6.73.